The molecule has 9 heteroatoms. The maximum atomic E-state index is 15.0. The summed E-state index contributed by atoms with van der Waals surface area (Å²) in [6.07, 6.45) is -1.12. The number of rotatable bonds is 3. The van der Waals surface area contributed by atoms with Gasteiger partial charge < -0.3 is 14.9 Å². The van der Waals surface area contributed by atoms with E-state index in [2.05, 4.69) is 0 Å². The van der Waals surface area contributed by atoms with Crippen molar-refractivity contribution in [3.63, 3.8) is 0 Å². The molecule has 0 aromatic heterocycles. The molecule has 2 N–H and O–H groups in total. The lowest BCUT2D eigenvalue weighted by atomic mass is 9.66. The van der Waals surface area contributed by atoms with E-state index in [9.17, 15) is 23.0 Å². The lowest BCUT2D eigenvalue weighted by molar-refractivity contribution is -0.0435. The number of hydrogen-bond acceptors (Lipinski definition) is 5. The van der Waals surface area contributed by atoms with Crippen LogP contribution in [-0.2, 0) is 14.6 Å². The monoisotopic (exact) mass is 444 g/mol. The first-order valence-electron chi connectivity index (χ1n) is 9.14. The summed E-state index contributed by atoms with van der Waals surface area (Å²) >= 11 is 5.88. The van der Waals surface area contributed by atoms with Crippen LogP contribution in [0.2, 0.25) is 5.02 Å². The van der Waals surface area contributed by atoms with Crippen LogP contribution in [0.1, 0.15) is 18.4 Å². The van der Waals surface area contributed by atoms with Gasteiger partial charge in [0.15, 0.2) is 21.4 Å². The second-order valence-electron chi connectivity index (χ2n) is 7.45. The molecule has 2 aromatic carbocycles. The largest absolute Gasteiger partial charge is 0.490 e. The highest BCUT2D eigenvalue weighted by Gasteiger charge is 2.62. The van der Waals surface area contributed by atoms with Crippen LogP contribution < -0.4 is 4.74 Å². The van der Waals surface area contributed by atoms with Crippen LogP contribution in [0.4, 0.5) is 8.78 Å². The third-order valence-corrected chi connectivity index (χ3v) is 8.94. The standard InChI is InChI=1S/C20H19ClF2O5S/c21-11-1-3-12(4-2-11)29(26,27)20-8-7-17(25)13(9-24)14(20)10-28-19-16(23)6-5-15(22)18(19)20/h1-6,13-14,17,24-25H,7-10H2/t13-,14+,17+,20+/m1/s1. The minimum Gasteiger partial charge on any atom is -0.490 e. The summed E-state index contributed by atoms with van der Waals surface area (Å²) in [6, 6.07) is 7.20. The highest BCUT2D eigenvalue weighted by Crippen LogP contribution is 2.57. The van der Waals surface area contributed by atoms with Crippen LogP contribution in [0.25, 0.3) is 0 Å². The highest BCUT2D eigenvalue weighted by atomic mass is 35.5. The van der Waals surface area contributed by atoms with Crippen molar-refractivity contribution in [2.45, 2.75) is 28.6 Å². The first-order valence-corrected chi connectivity index (χ1v) is 11.0. The predicted octanol–water partition coefficient (Wildman–Crippen LogP) is 3.06. The molecule has 0 saturated heterocycles. The average Bonchev–Trinajstić information content (AvgIpc) is 2.70. The van der Waals surface area contributed by atoms with Gasteiger partial charge in [0.05, 0.1) is 23.2 Å². The smallest absolute Gasteiger partial charge is 0.188 e. The summed E-state index contributed by atoms with van der Waals surface area (Å²) < 4.78 is 60.9. The molecule has 1 aliphatic carbocycles. The summed E-state index contributed by atoms with van der Waals surface area (Å²) in [5, 5.41) is 20.6. The van der Waals surface area contributed by atoms with E-state index in [1.165, 1.54) is 24.3 Å². The SMILES string of the molecule is O=S(=O)(c1ccc(Cl)cc1)[C@@]12CC[C@H](O)[C@H](CO)[C@@H]1COc1c(F)ccc(F)c12. The van der Waals surface area contributed by atoms with Crippen LogP contribution in [0.3, 0.4) is 0 Å². The molecule has 0 bridgehead atoms. The highest BCUT2D eigenvalue weighted by molar-refractivity contribution is 7.92. The van der Waals surface area contributed by atoms with Crippen LogP contribution in [0.5, 0.6) is 5.75 Å². The van der Waals surface area contributed by atoms with Gasteiger partial charge in [-0.25, -0.2) is 17.2 Å². The number of sulfone groups is 1. The minimum atomic E-state index is -4.29. The molecule has 0 amide bonds. The summed E-state index contributed by atoms with van der Waals surface area (Å²) in [6.45, 7) is -0.790. The second kappa shape index (κ2) is 7.19. The number of hydrogen-bond donors (Lipinski definition) is 2. The Morgan fingerprint density at radius 2 is 1.79 bits per heavy atom. The molecule has 29 heavy (non-hydrogen) atoms. The van der Waals surface area contributed by atoms with E-state index < -0.39 is 56.5 Å². The predicted molar refractivity (Wildman–Crippen MR) is 101 cm³/mol. The Labute approximate surface area is 171 Å². The number of ether oxygens (including phenoxy) is 1. The van der Waals surface area contributed by atoms with Crippen molar-refractivity contribution in [3.05, 3.63) is 58.6 Å². The van der Waals surface area contributed by atoms with E-state index in [0.717, 1.165) is 12.1 Å². The molecule has 0 spiro atoms. The summed E-state index contributed by atoms with van der Waals surface area (Å²) in [5.74, 6) is -4.05. The molecule has 1 fully saturated rings. The van der Waals surface area contributed by atoms with E-state index in [-0.39, 0.29) is 29.9 Å². The van der Waals surface area contributed by atoms with Crippen LogP contribution in [0.15, 0.2) is 41.3 Å². The van der Waals surface area contributed by atoms with Gasteiger partial charge in [0.2, 0.25) is 0 Å². The van der Waals surface area contributed by atoms with Gasteiger partial charge in [-0.3, -0.25) is 0 Å². The Hall–Kier alpha value is -1.74. The van der Waals surface area contributed by atoms with Crippen molar-refractivity contribution in [2.75, 3.05) is 13.2 Å². The molecule has 1 aliphatic heterocycles. The molecular formula is C20H19ClF2O5S. The molecule has 5 nitrogen and oxygen atoms in total. The Morgan fingerprint density at radius 1 is 1.14 bits per heavy atom. The van der Waals surface area contributed by atoms with Gasteiger partial charge in [0.25, 0.3) is 0 Å². The zero-order chi connectivity index (χ0) is 21.0. The van der Waals surface area contributed by atoms with Crippen LogP contribution >= 0.6 is 11.6 Å². The average molecular weight is 445 g/mol. The number of halogens is 3. The topological polar surface area (TPSA) is 83.8 Å². The molecule has 0 radical (unpaired) electrons. The molecular weight excluding hydrogens is 426 g/mol. The van der Waals surface area contributed by atoms with Crippen LogP contribution in [-0.4, -0.2) is 37.9 Å². The van der Waals surface area contributed by atoms with Gasteiger partial charge in [0.1, 0.15) is 10.6 Å². The summed E-state index contributed by atoms with van der Waals surface area (Å²) in [5.41, 5.74) is -0.381. The third-order valence-electron chi connectivity index (χ3n) is 6.13. The lowest BCUT2D eigenvalue weighted by Crippen LogP contribution is -2.58. The van der Waals surface area contributed by atoms with E-state index in [1.807, 2.05) is 0 Å². The second-order valence-corrected chi connectivity index (χ2v) is 10.1. The Bertz CT molecular complexity index is 1040. The first kappa shape index (κ1) is 20.5. The van der Waals surface area contributed by atoms with Gasteiger partial charge in [-0.05, 0) is 49.2 Å². The van der Waals surface area contributed by atoms with E-state index in [1.54, 1.807) is 0 Å². The molecule has 2 aliphatic rings. The van der Waals surface area contributed by atoms with Crippen molar-refractivity contribution < 1.29 is 32.1 Å². The van der Waals surface area contributed by atoms with Gasteiger partial charge in [-0.1, -0.05) is 11.6 Å². The molecule has 1 heterocycles. The molecule has 2 aromatic rings. The zero-order valence-corrected chi connectivity index (χ0v) is 16.8. The maximum absolute atomic E-state index is 15.0. The fraction of sp³-hybridized carbons (Fsp3) is 0.400. The zero-order valence-electron chi connectivity index (χ0n) is 15.2. The maximum Gasteiger partial charge on any atom is 0.188 e. The van der Waals surface area contributed by atoms with Gasteiger partial charge in [0, 0.05) is 23.5 Å². The summed E-state index contributed by atoms with van der Waals surface area (Å²) in [7, 11) is -4.29. The quantitative estimate of drug-likeness (QED) is 0.760. The van der Waals surface area contributed by atoms with E-state index in [4.69, 9.17) is 16.3 Å². The molecule has 4 atom stereocenters. The number of aliphatic hydroxyl groups is 2. The van der Waals surface area contributed by atoms with E-state index in [0.29, 0.717) is 5.02 Å². The number of benzene rings is 2. The molecule has 4 rings (SSSR count). The Balaban J connectivity index is 2.04. The van der Waals surface area contributed by atoms with Gasteiger partial charge in [-0.15, -0.1) is 0 Å². The van der Waals surface area contributed by atoms with E-state index >= 15 is 4.39 Å². The normalized spacial score (nSPS) is 28.9. The minimum absolute atomic E-state index is 0.00391. The fourth-order valence-corrected chi connectivity index (χ4v) is 7.25. The van der Waals surface area contributed by atoms with Gasteiger partial charge >= 0.3 is 0 Å². The van der Waals surface area contributed by atoms with Crippen molar-refractivity contribution in [2.24, 2.45) is 11.8 Å². The molecule has 156 valence electrons. The number of fused-ring (bicyclic) bond motifs is 3. The Morgan fingerprint density at radius 3 is 2.45 bits per heavy atom. The molecule has 0 unspecified atom stereocenters. The lowest BCUT2D eigenvalue weighted by Gasteiger charge is -2.51. The molecule has 1 saturated carbocycles. The number of aliphatic hydroxyl groups excluding tert-OH is 2. The Kier molecular flexibility index (Phi) is 5.09. The fourth-order valence-electron chi connectivity index (χ4n) is 4.73. The van der Waals surface area contributed by atoms with Crippen molar-refractivity contribution in [1.82, 2.24) is 0 Å². The van der Waals surface area contributed by atoms with Crippen molar-refractivity contribution >= 4 is 21.4 Å². The van der Waals surface area contributed by atoms with Crippen LogP contribution in [0, 0.1) is 23.5 Å². The van der Waals surface area contributed by atoms with Gasteiger partial charge in [-0.2, -0.15) is 0 Å². The first-order chi connectivity index (χ1) is 13.7. The van der Waals surface area contributed by atoms with Crippen molar-refractivity contribution in [1.29, 1.82) is 0 Å². The summed E-state index contributed by atoms with van der Waals surface area (Å²) in [4.78, 5) is -0.100. The third kappa shape index (κ3) is 2.88. The van der Waals surface area contributed by atoms with Crippen molar-refractivity contribution in [3.8, 4) is 5.75 Å².